The van der Waals surface area contributed by atoms with Crippen LogP contribution in [0.25, 0.3) is 0 Å². The van der Waals surface area contributed by atoms with E-state index in [0.29, 0.717) is 33.8 Å². The summed E-state index contributed by atoms with van der Waals surface area (Å²) in [5.74, 6) is 0.352. The molecule has 220 valence electrons. The Labute approximate surface area is 248 Å². The van der Waals surface area contributed by atoms with Crippen LogP contribution in [-0.4, -0.2) is 51.0 Å². The number of thioether (sulfide) groups is 1. The van der Waals surface area contributed by atoms with E-state index >= 15 is 0 Å². The van der Waals surface area contributed by atoms with Crippen molar-refractivity contribution >= 4 is 45.9 Å². The fraction of sp³-hybridized carbons (Fsp3) is 0.483. The number of aromatic nitrogens is 3. The number of carbonyl (C=O) groups is 3. The molecular formula is C29H37N5O5S2. The fourth-order valence-corrected chi connectivity index (χ4v) is 6.64. The number of aryl methyl sites for hydroxylation is 1. The molecule has 1 aliphatic carbocycles. The van der Waals surface area contributed by atoms with Crippen molar-refractivity contribution in [2.24, 2.45) is 0 Å². The van der Waals surface area contributed by atoms with Crippen molar-refractivity contribution in [3.8, 4) is 5.75 Å². The van der Waals surface area contributed by atoms with Crippen molar-refractivity contribution in [2.75, 3.05) is 18.5 Å². The highest BCUT2D eigenvalue weighted by molar-refractivity contribution is 8.00. The van der Waals surface area contributed by atoms with E-state index in [2.05, 4.69) is 27.8 Å². The average Bonchev–Trinajstić information content (AvgIpc) is 3.54. The third kappa shape index (κ3) is 8.10. The van der Waals surface area contributed by atoms with Crippen LogP contribution >= 0.6 is 23.1 Å². The number of thiophene rings is 1. The number of nitrogens with one attached hydrogen (secondary N) is 2. The van der Waals surface area contributed by atoms with Gasteiger partial charge in [0, 0.05) is 11.4 Å². The molecule has 3 aromatic rings. The molecule has 0 saturated carbocycles. The first-order valence-corrected chi connectivity index (χ1v) is 15.8. The number of hydrogen-bond donors (Lipinski definition) is 2. The van der Waals surface area contributed by atoms with Gasteiger partial charge in [-0.15, -0.1) is 21.5 Å². The Hall–Kier alpha value is -3.38. The highest BCUT2D eigenvalue weighted by Crippen LogP contribution is 2.39. The number of unbranched alkanes of at least 4 members (excludes halogenated alkanes) is 1. The molecular weight excluding hydrogens is 562 g/mol. The van der Waals surface area contributed by atoms with Crippen LogP contribution in [0, 0.1) is 0 Å². The summed E-state index contributed by atoms with van der Waals surface area (Å²) in [5.41, 5.74) is 1.51. The van der Waals surface area contributed by atoms with Gasteiger partial charge in [0.25, 0.3) is 5.91 Å². The van der Waals surface area contributed by atoms with Gasteiger partial charge in [-0.3, -0.25) is 9.59 Å². The molecule has 2 amide bonds. The van der Waals surface area contributed by atoms with Crippen LogP contribution < -0.4 is 15.4 Å². The maximum Gasteiger partial charge on any atom is 0.341 e. The van der Waals surface area contributed by atoms with E-state index in [9.17, 15) is 14.4 Å². The second kappa shape index (κ2) is 15.0. The van der Waals surface area contributed by atoms with Gasteiger partial charge in [0.05, 0.1) is 24.0 Å². The maximum atomic E-state index is 13.3. The Morgan fingerprint density at radius 2 is 1.90 bits per heavy atom. The third-order valence-corrected chi connectivity index (χ3v) is 8.91. The van der Waals surface area contributed by atoms with Crippen molar-refractivity contribution in [1.82, 2.24) is 20.1 Å². The van der Waals surface area contributed by atoms with Crippen LogP contribution in [0.1, 0.15) is 73.1 Å². The average molecular weight is 600 g/mol. The van der Waals surface area contributed by atoms with E-state index in [4.69, 9.17) is 9.47 Å². The maximum absolute atomic E-state index is 13.3. The van der Waals surface area contributed by atoms with E-state index in [-0.39, 0.29) is 37.5 Å². The van der Waals surface area contributed by atoms with Gasteiger partial charge >= 0.3 is 5.97 Å². The first-order chi connectivity index (χ1) is 19.9. The highest BCUT2D eigenvalue weighted by atomic mass is 32.2. The Kier molecular flexibility index (Phi) is 11.2. The zero-order valence-corrected chi connectivity index (χ0v) is 25.4. The van der Waals surface area contributed by atoms with Crippen LogP contribution in [0.5, 0.6) is 5.75 Å². The normalized spacial score (nSPS) is 13.2. The van der Waals surface area contributed by atoms with Crippen molar-refractivity contribution in [3.63, 3.8) is 0 Å². The lowest BCUT2D eigenvalue weighted by Crippen LogP contribution is -2.29. The Bertz CT molecular complexity index is 1340. The standard InChI is InChI=1S/C29H37N5O5S2/c1-4-6-16-34-23(17-30-24(35)18-39-20-12-8-7-9-13-20)32-33-29(34)40-19(3)26(36)31-27-25(28(37)38-5-2)21-14-10-11-15-22(21)41-27/h7-9,12-13,19H,4-6,10-11,14-18H2,1-3H3,(H,30,35)(H,31,36)/t19-/m0/s1. The molecule has 2 N–H and O–H groups in total. The number of hydrogen-bond acceptors (Lipinski definition) is 9. The number of carbonyl (C=O) groups excluding carboxylic acids is 3. The van der Waals surface area contributed by atoms with Gasteiger partial charge in [-0.25, -0.2) is 4.79 Å². The zero-order valence-electron chi connectivity index (χ0n) is 23.7. The number of anilines is 1. The minimum absolute atomic E-state index is 0.105. The summed E-state index contributed by atoms with van der Waals surface area (Å²) in [5, 5.41) is 15.1. The number of ether oxygens (including phenoxy) is 2. The largest absolute Gasteiger partial charge is 0.484 e. The lowest BCUT2D eigenvalue weighted by atomic mass is 9.95. The smallest absolute Gasteiger partial charge is 0.341 e. The Morgan fingerprint density at radius 3 is 2.66 bits per heavy atom. The van der Waals surface area contributed by atoms with Crippen molar-refractivity contribution in [1.29, 1.82) is 0 Å². The minimum Gasteiger partial charge on any atom is -0.484 e. The number of fused-ring (bicyclic) bond motifs is 1. The van der Waals surface area contributed by atoms with Gasteiger partial charge in [0.2, 0.25) is 5.91 Å². The molecule has 2 aromatic heterocycles. The van der Waals surface area contributed by atoms with E-state index < -0.39 is 5.25 Å². The van der Waals surface area contributed by atoms with E-state index in [0.717, 1.165) is 49.0 Å². The molecule has 10 nitrogen and oxygen atoms in total. The molecule has 0 aliphatic heterocycles. The van der Waals surface area contributed by atoms with Gasteiger partial charge in [0.1, 0.15) is 10.8 Å². The third-order valence-electron chi connectivity index (χ3n) is 6.62. The van der Waals surface area contributed by atoms with Gasteiger partial charge in [0.15, 0.2) is 17.6 Å². The van der Waals surface area contributed by atoms with Gasteiger partial charge < -0.3 is 24.7 Å². The first-order valence-electron chi connectivity index (χ1n) is 14.1. The topological polar surface area (TPSA) is 124 Å². The van der Waals surface area contributed by atoms with Gasteiger partial charge in [-0.2, -0.15) is 0 Å². The van der Waals surface area contributed by atoms with Crippen molar-refractivity contribution in [3.05, 3.63) is 52.2 Å². The fourth-order valence-electron chi connectivity index (χ4n) is 4.47. The molecule has 1 aliphatic rings. The molecule has 0 unspecified atom stereocenters. The summed E-state index contributed by atoms with van der Waals surface area (Å²) in [4.78, 5) is 39.6. The molecule has 41 heavy (non-hydrogen) atoms. The molecule has 2 heterocycles. The number of esters is 1. The highest BCUT2D eigenvalue weighted by Gasteiger charge is 2.29. The molecule has 0 radical (unpaired) electrons. The first kappa shape index (κ1) is 30.6. The predicted octanol–water partition coefficient (Wildman–Crippen LogP) is 5.01. The second-order valence-electron chi connectivity index (χ2n) is 9.67. The zero-order chi connectivity index (χ0) is 29.2. The number of rotatable bonds is 14. The van der Waals surface area contributed by atoms with Crippen molar-refractivity contribution < 1.29 is 23.9 Å². The molecule has 0 spiro atoms. The number of amides is 2. The summed E-state index contributed by atoms with van der Waals surface area (Å²) in [6, 6.07) is 9.15. The monoisotopic (exact) mass is 599 g/mol. The van der Waals surface area contributed by atoms with Crippen LogP contribution in [0.3, 0.4) is 0 Å². The molecule has 1 aromatic carbocycles. The van der Waals surface area contributed by atoms with E-state index in [1.807, 2.05) is 22.8 Å². The summed E-state index contributed by atoms with van der Waals surface area (Å²) in [7, 11) is 0. The van der Waals surface area contributed by atoms with Crippen LogP contribution in [0.2, 0.25) is 0 Å². The van der Waals surface area contributed by atoms with E-state index in [1.165, 1.54) is 23.1 Å². The summed E-state index contributed by atoms with van der Waals surface area (Å²) in [6.07, 6.45) is 5.68. The Morgan fingerprint density at radius 1 is 1.12 bits per heavy atom. The van der Waals surface area contributed by atoms with Crippen LogP contribution in [0.15, 0.2) is 35.5 Å². The summed E-state index contributed by atoms with van der Waals surface area (Å²) < 4.78 is 12.8. The van der Waals surface area contributed by atoms with Crippen LogP contribution in [0.4, 0.5) is 5.00 Å². The van der Waals surface area contributed by atoms with Crippen molar-refractivity contribution in [2.45, 2.75) is 82.8 Å². The molecule has 0 bridgehead atoms. The molecule has 12 heteroatoms. The summed E-state index contributed by atoms with van der Waals surface area (Å²) in [6.45, 7) is 6.71. The van der Waals surface area contributed by atoms with E-state index in [1.54, 1.807) is 26.0 Å². The van der Waals surface area contributed by atoms with Gasteiger partial charge in [-0.05, 0) is 63.6 Å². The summed E-state index contributed by atoms with van der Waals surface area (Å²) >= 11 is 2.77. The quantitative estimate of drug-likeness (QED) is 0.196. The number of nitrogens with zero attached hydrogens (tertiary/aromatic N) is 3. The Balaban J connectivity index is 1.40. The number of benzene rings is 1. The minimum atomic E-state index is -0.504. The number of para-hydroxylation sites is 1. The van der Waals surface area contributed by atoms with Gasteiger partial charge in [-0.1, -0.05) is 43.3 Å². The molecule has 1 atom stereocenters. The molecule has 4 rings (SSSR count). The molecule has 0 saturated heterocycles. The lowest BCUT2D eigenvalue weighted by molar-refractivity contribution is -0.123. The van der Waals surface area contributed by atoms with Crippen LogP contribution in [-0.2, 0) is 40.3 Å². The lowest BCUT2D eigenvalue weighted by Gasteiger charge is -2.14. The molecule has 0 fully saturated rings. The SMILES string of the molecule is CCCCn1c(CNC(=O)COc2ccccc2)nnc1S[C@@H](C)C(=O)Nc1sc2c(c1C(=O)OCC)CCCC2. The predicted molar refractivity (Wildman–Crippen MR) is 160 cm³/mol. The second-order valence-corrected chi connectivity index (χ2v) is 12.1.